The maximum absolute atomic E-state index is 11.2. The van der Waals surface area contributed by atoms with Crippen LogP contribution in [0.25, 0.3) is 0 Å². The molecule has 0 bridgehead atoms. The highest BCUT2D eigenvalue weighted by molar-refractivity contribution is 5.81. The van der Waals surface area contributed by atoms with Gasteiger partial charge in [0.1, 0.15) is 6.04 Å². The first kappa shape index (κ1) is 9.45. The zero-order valence-corrected chi connectivity index (χ0v) is 7.91. The van der Waals surface area contributed by atoms with Crippen LogP contribution in [-0.4, -0.2) is 37.1 Å². The van der Waals surface area contributed by atoms with Gasteiger partial charge < -0.3 is 10.1 Å². The molecule has 2 N–H and O–H groups in total. The highest BCUT2D eigenvalue weighted by atomic mass is 16.5. The van der Waals surface area contributed by atoms with Crippen molar-refractivity contribution in [2.75, 3.05) is 13.2 Å². The summed E-state index contributed by atoms with van der Waals surface area (Å²) in [6.07, 6.45) is 2.82. The van der Waals surface area contributed by atoms with Crippen LogP contribution in [0.1, 0.15) is 19.3 Å². The average molecular weight is 198 g/mol. The Balaban J connectivity index is 1.65. The highest BCUT2D eigenvalue weighted by Gasteiger charge is 2.27. The van der Waals surface area contributed by atoms with Gasteiger partial charge in [-0.05, 0) is 12.8 Å². The van der Waals surface area contributed by atoms with Gasteiger partial charge in [-0.25, -0.2) is 0 Å². The molecular weight excluding hydrogens is 184 g/mol. The summed E-state index contributed by atoms with van der Waals surface area (Å²) >= 11 is 0. The third kappa shape index (κ3) is 2.45. The first-order valence-corrected chi connectivity index (χ1v) is 4.95. The van der Waals surface area contributed by atoms with E-state index in [1.165, 1.54) is 0 Å². The minimum atomic E-state index is -0.292. The summed E-state index contributed by atoms with van der Waals surface area (Å²) in [7, 11) is 0. The molecule has 0 radical (unpaired) electrons. The second kappa shape index (κ2) is 3.96. The van der Waals surface area contributed by atoms with Crippen molar-refractivity contribution in [3.8, 4) is 0 Å². The number of nitrogens with one attached hydrogen (secondary N) is 2. The van der Waals surface area contributed by atoms with Crippen LogP contribution in [0, 0.1) is 0 Å². The lowest BCUT2D eigenvalue weighted by Crippen LogP contribution is -2.41. The van der Waals surface area contributed by atoms with Gasteiger partial charge >= 0.3 is 5.97 Å². The van der Waals surface area contributed by atoms with E-state index in [9.17, 15) is 9.59 Å². The molecule has 1 aliphatic heterocycles. The van der Waals surface area contributed by atoms with Gasteiger partial charge in [-0.1, -0.05) is 0 Å². The fourth-order valence-corrected chi connectivity index (χ4v) is 1.40. The second-order valence-electron chi connectivity index (χ2n) is 3.73. The van der Waals surface area contributed by atoms with E-state index in [2.05, 4.69) is 10.6 Å². The fourth-order valence-electron chi connectivity index (χ4n) is 1.40. The van der Waals surface area contributed by atoms with Gasteiger partial charge in [-0.3, -0.25) is 14.9 Å². The first-order chi connectivity index (χ1) is 6.75. The summed E-state index contributed by atoms with van der Waals surface area (Å²) in [5, 5.41) is 5.72. The summed E-state index contributed by atoms with van der Waals surface area (Å²) in [5.41, 5.74) is 0. The Morgan fingerprint density at radius 2 is 2.21 bits per heavy atom. The number of esters is 1. The molecule has 14 heavy (non-hydrogen) atoms. The number of hydrogen-bond acceptors (Lipinski definition) is 4. The maximum atomic E-state index is 11.2. The highest BCUT2D eigenvalue weighted by Crippen LogP contribution is 2.18. The van der Waals surface area contributed by atoms with E-state index in [1.807, 2.05) is 0 Å². The van der Waals surface area contributed by atoms with Gasteiger partial charge in [0.25, 0.3) is 0 Å². The van der Waals surface area contributed by atoms with Crippen LogP contribution in [0.3, 0.4) is 0 Å². The molecule has 1 atom stereocenters. The Bertz CT molecular complexity index is 250. The van der Waals surface area contributed by atoms with Crippen molar-refractivity contribution in [3.05, 3.63) is 0 Å². The largest absolute Gasteiger partial charge is 0.464 e. The van der Waals surface area contributed by atoms with Gasteiger partial charge in [0.05, 0.1) is 13.2 Å². The quantitative estimate of drug-likeness (QED) is 0.579. The van der Waals surface area contributed by atoms with Crippen molar-refractivity contribution >= 4 is 11.9 Å². The minimum Gasteiger partial charge on any atom is -0.464 e. The molecule has 5 heteroatoms. The predicted molar refractivity (Wildman–Crippen MR) is 48.5 cm³/mol. The molecule has 1 unspecified atom stereocenters. The zero-order valence-electron chi connectivity index (χ0n) is 7.91. The van der Waals surface area contributed by atoms with E-state index in [4.69, 9.17) is 4.74 Å². The average Bonchev–Trinajstić information content (AvgIpc) is 2.86. The molecule has 2 rings (SSSR count). The summed E-state index contributed by atoms with van der Waals surface area (Å²) in [5.74, 6) is -0.281. The van der Waals surface area contributed by atoms with Gasteiger partial charge in [0.15, 0.2) is 0 Å². The SMILES string of the molecule is O=C(CNC1CCOC1=O)NC1CC1. The monoisotopic (exact) mass is 198 g/mol. The normalized spacial score (nSPS) is 26.0. The van der Waals surface area contributed by atoms with Crippen molar-refractivity contribution in [1.29, 1.82) is 0 Å². The van der Waals surface area contributed by atoms with Crippen molar-refractivity contribution in [2.45, 2.75) is 31.3 Å². The molecule has 2 aliphatic rings. The lowest BCUT2D eigenvalue weighted by Gasteiger charge is -2.08. The van der Waals surface area contributed by atoms with Gasteiger partial charge in [-0.15, -0.1) is 0 Å². The molecule has 1 saturated heterocycles. The third-order valence-corrected chi connectivity index (χ3v) is 2.39. The van der Waals surface area contributed by atoms with E-state index in [0.29, 0.717) is 19.1 Å². The molecule has 0 aromatic rings. The standard InChI is InChI=1S/C9H14N2O3/c12-8(11-6-1-2-6)5-10-7-3-4-14-9(7)13/h6-7,10H,1-5H2,(H,11,12). The van der Waals surface area contributed by atoms with Crippen LogP contribution in [-0.2, 0) is 14.3 Å². The molecular formula is C9H14N2O3. The molecule has 78 valence electrons. The lowest BCUT2D eigenvalue weighted by atomic mass is 10.2. The predicted octanol–water partition coefficient (Wildman–Crippen LogP) is -0.830. The number of ether oxygens (including phenoxy) is 1. The Labute approximate surface area is 82.2 Å². The van der Waals surface area contributed by atoms with E-state index in [1.54, 1.807) is 0 Å². The smallest absolute Gasteiger partial charge is 0.323 e. The summed E-state index contributed by atoms with van der Waals surface area (Å²) in [4.78, 5) is 22.2. The molecule has 5 nitrogen and oxygen atoms in total. The van der Waals surface area contributed by atoms with Crippen molar-refractivity contribution in [1.82, 2.24) is 10.6 Å². The number of carbonyl (C=O) groups excluding carboxylic acids is 2. The Hall–Kier alpha value is -1.10. The van der Waals surface area contributed by atoms with E-state index in [0.717, 1.165) is 12.8 Å². The number of cyclic esters (lactones) is 1. The maximum Gasteiger partial charge on any atom is 0.323 e. The second-order valence-corrected chi connectivity index (χ2v) is 3.73. The van der Waals surface area contributed by atoms with Gasteiger partial charge in [0.2, 0.25) is 5.91 Å². The molecule has 1 saturated carbocycles. The number of hydrogen-bond donors (Lipinski definition) is 2. The lowest BCUT2D eigenvalue weighted by molar-refractivity contribution is -0.139. The summed E-state index contributed by atoms with van der Waals surface area (Å²) in [6, 6.07) is 0.0831. The van der Waals surface area contributed by atoms with Crippen LogP contribution in [0.15, 0.2) is 0 Å². The number of carbonyl (C=O) groups is 2. The van der Waals surface area contributed by atoms with Crippen LogP contribution in [0.5, 0.6) is 0 Å². The molecule has 2 fully saturated rings. The molecule has 0 spiro atoms. The van der Waals surface area contributed by atoms with Crippen LogP contribution in [0.2, 0.25) is 0 Å². The topological polar surface area (TPSA) is 67.4 Å². The van der Waals surface area contributed by atoms with E-state index in [-0.39, 0.29) is 24.5 Å². The van der Waals surface area contributed by atoms with Crippen LogP contribution in [0.4, 0.5) is 0 Å². The Morgan fingerprint density at radius 1 is 1.43 bits per heavy atom. The fraction of sp³-hybridized carbons (Fsp3) is 0.778. The third-order valence-electron chi connectivity index (χ3n) is 2.39. The van der Waals surface area contributed by atoms with E-state index < -0.39 is 0 Å². The van der Waals surface area contributed by atoms with Crippen molar-refractivity contribution in [2.24, 2.45) is 0 Å². The molecule has 0 aromatic carbocycles. The van der Waals surface area contributed by atoms with Crippen molar-refractivity contribution < 1.29 is 14.3 Å². The number of rotatable bonds is 4. The van der Waals surface area contributed by atoms with Crippen LogP contribution >= 0.6 is 0 Å². The molecule has 0 aromatic heterocycles. The first-order valence-electron chi connectivity index (χ1n) is 4.95. The Kier molecular flexibility index (Phi) is 2.67. The summed E-state index contributed by atoms with van der Waals surface area (Å²) < 4.78 is 4.76. The van der Waals surface area contributed by atoms with Gasteiger partial charge in [-0.2, -0.15) is 0 Å². The summed E-state index contributed by atoms with van der Waals surface area (Å²) in [6.45, 7) is 0.664. The molecule has 1 aliphatic carbocycles. The number of amides is 1. The Morgan fingerprint density at radius 3 is 2.79 bits per heavy atom. The van der Waals surface area contributed by atoms with Gasteiger partial charge in [0, 0.05) is 12.5 Å². The zero-order chi connectivity index (χ0) is 9.97. The minimum absolute atomic E-state index is 0.0350. The van der Waals surface area contributed by atoms with Crippen molar-refractivity contribution in [3.63, 3.8) is 0 Å². The molecule has 1 heterocycles. The van der Waals surface area contributed by atoms with E-state index >= 15 is 0 Å². The van der Waals surface area contributed by atoms with Crippen LogP contribution < -0.4 is 10.6 Å². The molecule has 1 amide bonds.